The highest BCUT2D eigenvalue weighted by atomic mass is 16.1. The van der Waals surface area contributed by atoms with Crippen LogP contribution in [0.4, 0.5) is 0 Å². The van der Waals surface area contributed by atoms with Gasteiger partial charge in [-0.25, -0.2) is 0 Å². The van der Waals surface area contributed by atoms with Crippen molar-refractivity contribution in [2.45, 2.75) is 33.1 Å². The van der Waals surface area contributed by atoms with Crippen LogP contribution >= 0.6 is 0 Å². The minimum Gasteiger partial charge on any atom is -0.299 e. The van der Waals surface area contributed by atoms with E-state index in [2.05, 4.69) is 6.58 Å². The predicted molar refractivity (Wildman–Crippen MR) is 64.9 cm³/mol. The summed E-state index contributed by atoms with van der Waals surface area (Å²) in [5, 5.41) is 0. The first-order chi connectivity index (χ1) is 7.06. The van der Waals surface area contributed by atoms with Gasteiger partial charge in [-0.1, -0.05) is 43.3 Å². The molecular formula is C14H18O. The van der Waals surface area contributed by atoms with Crippen LogP contribution in [0.1, 0.15) is 44.2 Å². The molecule has 0 heterocycles. The first-order valence-corrected chi connectivity index (χ1v) is 5.32. The summed E-state index contributed by atoms with van der Waals surface area (Å²) in [4.78, 5) is 11.4. The Balaban J connectivity index is 2.97. The van der Waals surface area contributed by atoms with Gasteiger partial charge < -0.3 is 0 Å². The van der Waals surface area contributed by atoms with E-state index < -0.39 is 0 Å². The van der Waals surface area contributed by atoms with Crippen LogP contribution in [0.15, 0.2) is 30.8 Å². The monoisotopic (exact) mass is 202 g/mol. The molecule has 0 saturated heterocycles. The van der Waals surface area contributed by atoms with Crippen molar-refractivity contribution in [3.8, 4) is 0 Å². The van der Waals surface area contributed by atoms with E-state index in [0.717, 1.165) is 23.1 Å². The molecular weight excluding hydrogens is 184 g/mol. The third kappa shape index (κ3) is 2.79. The standard InChI is InChI=1S/C14H18O/c1-5-14(11(4)15)13-8-6-12(7-9-13)10(2)3/h6-9,14H,2,5H2,1,3-4H3. The number of Topliss-reactive ketones (excluding diaryl/α,β-unsaturated/α-hetero) is 1. The molecule has 1 unspecified atom stereocenters. The van der Waals surface area contributed by atoms with E-state index in [1.807, 2.05) is 38.1 Å². The molecule has 1 aromatic rings. The number of benzene rings is 1. The van der Waals surface area contributed by atoms with Crippen LogP contribution in [0.2, 0.25) is 0 Å². The van der Waals surface area contributed by atoms with Gasteiger partial charge in [-0.05, 0) is 31.4 Å². The van der Waals surface area contributed by atoms with Gasteiger partial charge in [0.2, 0.25) is 0 Å². The highest BCUT2D eigenvalue weighted by Gasteiger charge is 2.13. The number of hydrogen-bond donors (Lipinski definition) is 0. The molecule has 0 aliphatic rings. The van der Waals surface area contributed by atoms with Gasteiger partial charge in [0.1, 0.15) is 5.78 Å². The molecule has 0 saturated carbocycles. The maximum atomic E-state index is 11.4. The van der Waals surface area contributed by atoms with Gasteiger partial charge in [0.15, 0.2) is 0 Å². The zero-order chi connectivity index (χ0) is 11.4. The molecule has 0 N–H and O–H groups in total. The van der Waals surface area contributed by atoms with E-state index in [9.17, 15) is 4.79 Å². The van der Waals surface area contributed by atoms with Crippen LogP contribution < -0.4 is 0 Å². The summed E-state index contributed by atoms with van der Waals surface area (Å²) >= 11 is 0. The van der Waals surface area contributed by atoms with Gasteiger partial charge in [-0.2, -0.15) is 0 Å². The maximum Gasteiger partial charge on any atom is 0.137 e. The first kappa shape index (κ1) is 11.7. The second kappa shape index (κ2) is 4.92. The van der Waals surface area contributed by atoms with Crippen LogP contribution in [-0.4, -0.2) is 5.78 Å². The van der Waals surface area contributed by atoms with Crippen LogP contribution in [0.3, 0.4) is 0 Å². The molecule has 15 heavy (non-hydrogen) atoms. The Bertz CT molecular complexity index is 359. The second-order valence-electron chi connectivity index (χ2n) is 3.97. The quantitative estimate of drug-likeness (QED) is 0.725. The van der Waals surface area contributed by atoms with Gasteiger partial charge in [-0.15, -0.1) is 0 Å². The second-order valence-corrected chi connectivity index (χ2v) is 3.97. The van der Waals surface area contributed by atoms with Gasteiger partial charge >= 0.3 is 0 Å². The summed E-state index contributed by atoms with van der Waals surface area (Å²) in [5.74, 6) is 0.282. The van der Waals surface area contributed by atoms with Crippen LogP contribution in [0.5, 0.6) is 0 Å². The molecule has 0 radical (unpaired) electrons. The first-order valence-electron chi connectivity index (χ1n) is 5.32. The molecule has 0 amide bonds. The average molecular weight is 202 g/mol. The lowest BCUT2D eigenvalue weighted by Gasteiger charge is -2.12. The predicted octanol–water partition coefficient (Wildman–Crippen LogP) is 3.80. The van der Waals surface area contributed by atoms with E-state index in [4.69, 9.17) is 0 Å². The molecule has 0 bridgehead atoms. The fourth-order valence-corrected chi connectivity index (χ4v) is 1.76. The minimum absolute atomic E-state index is 0.0455. The van der Waals surface area contributed by atoms with Crippen molar-refractivity contribution in [3.63, 3.8) is 0 Å². The molecule has 0 fully saturated rings. The molecule has 1 rings (SSSR count). The Labute approximate surface area is 91.8 Å². The van der Waals surface area contributed by atoms with E-state index in [0.29, 0.717) is 0 Å². The molecule has 0 aromatic heterocycles. The number of carbonyl (C=O) groups is 1. The lowest BCUT2D eigenvalue weighted by Crippen LogP contribution is -2.07. The summed E-state index contributed by atoms with van der Waals surface area (Å²) in [5.41, 5.74) is 3.30. The molecule has 0 spiro atoms. The Morgan fingerprint density at radius 2 is 1.80 bits per heavy atom. The topological polar surface area (TPSA) is 17.1 Å². The summed E-state index contributed by atoms with van der Waals surface area (Å²) < 4.78 is 0. The van der Waals surface area contributed by atoms with E-state index in [-0.39, 0.29) is 11.7 Å². The summed E-state index contributed by atoms with van der Waals surface area (Å²) in [6.45, 7) is 9.57. The van der Waals surface area contributed by atoms with Crippen molar-refractivity contribution in [2.24, 2.45) is 0 Å². The zero-order valence-electron chi connectivity index (χ0n) is 9.71. The van der Waals surface area contributed by atoms with Gasteiger partial charge in [0.05, 0.1) is 0 Å². The van der Waals surface area contributed by atoms with Crippen molar-refractivity contribution in [2.75, 3.05) is 0 Å². The Morgan fingerprint density at radius 3 is 2.13 bits per heavy atom. The Morgan fingerprint density at radius 1 is 1.27 bits per heavy atom. The summed E-state index contributed by atoms with van der Waals surface area (Å²) in [6, 6.07) is 8.12. The normalized spacial score (nSPS) is 12.2. The van der Waals surface area contributed by atoms with Crippen LogP contribution in [-0.2, 0) is 4.79 Å². The molecule has 0 aliphatic heterocycles. The molecule has 1 nitrogen and oxygen atoms in total. The lowest BCUT2D eigenvalue weighted by atomic mass is 9.92. The fraction of sp³-hybridized carbons (Fsp3) is 0.357. The average Bonchev–Trinajstić information content (AvgIpc) is 2.19. The molecule has 1 aromatic carbocycles. The van der Waals surface area contributed by atoms with E-state index in [1.54, 1.807) is 6.92 Å². The summed E-state index contributed by atoms with van der Waals surface area (Å²) in [7, 11) is 0. The molecule has 80 valence electrons. The lowest BCUT2D eigenvalue weighted by molar-refractivity contribution is -0.118. The Kier molecular flexibility index (Phi) is 3.84. The third-order valence-electron chi connectivity index (χ3n) is 2.70. The van der Waals surface area contributed by atoms with Gasteiger partial charge in [-0.3, -0.25) is 4.79 Å². The van der Waals surface area contributed by atoms with Crippen molar-refractivity contribution < 1.29 is 4.79 Å². The number of hydrogen-bond acceptors (Lipinski definition) is 1. The summed E-state index contributed by atoms with van der Waals surface area (Å²) in [6.07, 6.45) is 0.863. The van der Waals surface area contributed by atoms with Crippen molar-refractivity contribution in [1.82, 2.24) is 0 Å². The SMILES string of the molecule is C=C(C)c1ccc(C(CC)C(C)=O)cc1. The third-order valence-corrected chi connectivity index (χ3v) is 2.70. The fourth-order valence-electron chi connectivity index (χ4n) is 1.76. The van der Waals surface area contributed by atoms with Crippen molar-refractivity contribution >= 4 is 11.4 Å². The highest BCUT2D eigenvalue weighted by molar-refractivity contribution is 5.83. The molecule has 1 heteroatoms. The van der Waals surface area contributed by atoms with Gasteiger partial charge in [0, 0.05) is 5.92 Å². The number of allylic oxidation sites excluding steroid dienone is 1. The zero-order valence-corrected chi connectivity index (χ0v) is 9.71. The number of carbonyl (C=O) groups excluding carboxylic acids is 1. The maximum absolute atomic E-state index is 11.4. The molecule has 1 atom stereocenters. The highest BCUT2D eigenvalue weighted by Crippen LogP contribution is 2.22. The number of ketones is 1. The Hall–Kier alpha value is -1.37. The van der Waals surface area contributed by atoms with Crippen molar-refractivity contribution in [1.29, 1.82) is 0 Å². The van der Waals surface area contributed by atoms with Crippen LogP contribution in [0.25, 0.3) is 5.57 Å². The van der Waals surface area contributed by atoms with E-state index >= 15 is 0 Å². The van der Waals surface area contributed by atoms with E-state index in [1.165, 1.54) is 0 Å². The smallest absolute Gasteiger partial charge is 0.137 e. The minimum atomic E-state index is 0.0455. The largest absolute Gasteiger partial charge is 0.299 e. The van der Waals surface area contributed by atoms with Gasteiger partial charge in [0.25, 0.3) is 0 Å². The van der Waals surface area contributed by atoms with Crippen LogP contribution in [0, 0.1) is 0 Å². The number of rotatable bonds is 4. The molecule has 0 aliphatic carbocycles. The van der Waals surface area contributed by atoms with Crippen molar-refractivity contribution in [3.05, 3.63) is 42.0 Å².